The number of hydrogen-bond donors (Lipinski definition) is 3. The van der Waals surface area contributed by atoms with E-state index in [0.29, 0.717) is 56.1 Å². The van der Waals surface area contributed by atoms with Gasteiger partial charge < -0.3 is 20.2 Å². The van der Waals surface area contributed by atoms with Crippen LogP contribution in [-0.4, -0.2) is 61.1 Å². The molecule has 4 heterocycles. The fourth-order valence-electron chi connectivity index (χ4n) is 5.27. The number of carbonyl (C=O) groups excluding carboxylic acids is 2. The number of carbonyl (C=O) groups is 2. The fraction of sp³-hybridized carbons (Fsp3) is 0.258. The zero-order valence-corrected chi connectivity index (χ0v) is 22.4. The smallest absolute Gasteiger partial charge is 0.287 e. The highest BCUT2D eigenvalue weighted by Gasteiger charge is 2.24. The standard InChI is InChI=1S/C31H30N6O4/c38-25-10-12-36(13-11-25)31(41)22-8-9-28(32-17-22)33-27-16-26(34-35-30(27)40)21-7-3-4-20(14-21)15-29(39)37-18-23-5-1-2-6-24(23)19-37/h1-9,14,16-17,25,38H,10-13,15,18-19H2,(H,35,40)(H,32,33,34). The molecule has 41 heavy (non-hydrogen) atoms. The average molecular weight is 551 g/mol. The normalized spacial score (nSPS) is 15.0. The van der Waals surface area contributed by atoms with Crippen LogP contribution in [0.15, 0.2) is 77.7 Å². The predicted octanol–water partition coefficient (Wildman–Crippen LogP) is 3.26. The van der Waals surface area contributed by atoms with Crippen LogP contribution in [0.25, 0.3) is 11.3 Å². The van der Waals surface area contributed by atoms with Crippen molar-refractivity contribution in [3.8, 4) is 11.3 Å². The molecule has 0 atom stereocenters. The fourth-order valence-corrected chi connectivity index (χ4v) is 5.27. The molecule has 1 saturated heterocycles. The first-order valence-corrected chi connectivity index (χ1v) is 13.7. The Kier molecular flexibility index (Phi) is 7.30. The van der Waals surface area contributed by atoms with Crippen molar-refractivity contribution in [3.63, 3.8) is 0 Å². The van der Waals surface area contributed by atoms with E-state index in [1.807, 2.05) is 41.3 Å². The van der Waals surface area contributed by atoms with Gasteiger partial charge in [-0.3, -0.25) is 14.4 Å². The molecule has 0 radical (unpaired) electrons. The van der Waals surface area contributed by atoms with E-state index < -0.39 is 5.56 Å². The monoisotopic (exact) mass is 550 g/mol. The van der Waals surface area contributed by atoms with Gasteiger partial charge in [-0.05, 0) is 53.8 Å². The Morgan fingerprint density at radius 3 is 2.41 bits per heavy atom. The number of piperidine rings is 1. The van der Waals surface area contributed by atoms with Gasteiger partial charge >= 0.3 is 0 Å². The molecule has 0 spiro atoms. The number of aliphatic hydroxyl groups is 1. The molecule has 2 aliphatic heterocycles. The minimum Gasteiger partial charge on any atom is -0.393 e. The molecule has 2 aromatic heterocycles. The summed E-state index contributed by atoms with van der Waals surface area (Å²) in [5, 5.41) is 19.4. The van der Waals surface area contributed by atoms with E-state index in [2.05, 4.69) is 32.6 Å². The Morgan fingerprint density at radius 2 is 1.71 bits per heavy atom. The summed E-state index contributed by atoms with van der Waals surface area (Å²) in [5.41, 5.74) is 4.81. The topological polar surface area (TPSA) is 132 Å². The summed E-state index contributed by atoms with van der Waals surface area (Å²) >= 11 is 0. The SMILES string of the molecule is O=C(Cc1cccc(-c2cc(Nc3ccc(C(=O)N4CCC(O)CC4)cn3)c(=O)[nH]n2)c1)N1Cc2ccccc2C1. The molecule has 10 heteroatoms. The van der Waals surface area contributed by atoms with E-state index in [1.54, 1.807) is 23.1 Å². The number of pyridine rings is 1. The maximum absolute atomic E-state index is 13.0. The van der Waals surface area contributed by atoms with Gasteiger partial charge in [0.05, 0.1) is 23.8 Å². The van der Waals surface area contributed by atoms with E-state index in [-0.39, 0.29) is 30.0 Å². The van der Waals surface area contributed by atoms with Crippen molar-refractivity contribution in [2.45, 2.75) is 38.5 Å². The number of anilines is 2. The highest BCUT2D eigenvalue weighted by molar-refractivity contribution is 5.94. The third-order valence-corrected chi connectivity index (χ3v) is 7.60. The Morgan fingerprint density at radius 1 is 0.951 bits per heavy atom. The molecule has 10 nitrogen and oxygen atoms in total. The summed E-state index contributed by atoms with van der Waals surface area (Å²) in [6, 6.07) is 20.6. The number of fused-ring (bicyclic) bond motifs is 1. The number of nitrogens with one attached hydrogen (secondary N) is 2. The van der Waals surface area contributed by atoms with E-state index >= 15 is 0 Å². The van der Waals surface area contributed by atoms with Crippen molar-refractivity contribution in [1.82, 2.24) is 25.0 Å². The minimum absolute atomic E-state index is 0.0565. The molecule has 208 valence electrons. The largest absolute Gasteiger partial charge is 0.393 e. The molecular weight excluding hydrogens is 520 g/mol. The molecule has 6 rings (SSSR count). The number of hydrogen-bond acceptors (Lipinski definition) is 7. The number of benzene rings is 2. The molecule has 2 aromatic carbocycles. The Bertz CT molecular complexity index is 1620. The van der Waals surface area contributed by atoms with Crippen LogP contribution < -0.4 is 10.9 Å². The van der Waals surface area contributed by atoms with Crippen LogP contribution in [0.2, 0.25) is 0 Å². The summed E-state index contributed by atoms with van der Waals surface area (Å²) in [6.45, 7) is 2.27. The van der Waals surface area contributed by atoms with Crippen molar-refractivity contribution in [3.05, 3.63) is 106 Å². The lowest BCUT2D eigenvalue weighted by molar-refractivity contribution is -0.131. The lowest BCUT2D eigenvalue weighted by Gasteiger charge is -2.29. The zero-order chi connectivity index (χ0) is 28.3. The summed E-state index contributed by atoms with van der Waals surface area (Å²) in [4.78, 5) is 46.2. The first-order chi connectivity index (χ1) is 19.9. The summed E-state index contributed by atoms with van der Waals surface area (Å²) in [5.74, 6) is 0.331. The van der Waals surface area contributed by atoms with E-state index in [0.717, 1.165) is 11.1 Å². The third-order valence-electron chi connectivity index (χ3n) is 7.60. The van der Waals surface area contributed by atoms with Crippen LogP contribution in [0.1, 0.15) is 39.9 Å². The lowest BCUT2D eigenvalue weighted by Crippen LogP contribution is -2.40. The molecule has 0 saturated carbocycles. The summed E-state index contributed by atoms with van der Waals surface area (Å²) in [7, 11) is 0. The van der Waals surface area contributed by atoms with Gasteiger partial charge in [-0.1, -0.05) is 42.5 Å². The van der Waals surface area contributed by atoms with E-state index in [1.165, 1.54) is 17.3 Å². The summed E-state index contributed by atoms with van der Waals surface area (Å²) in [6.07, 6.45) is 2.52. The molecule has 1 fully saturated rings. The Hall–Kier alpha value is -4.83. The van der Waals surface area contributed by atoms with Crippen molar-refractivity contribution in [1.29, 1.82) is 0 Å². The number of amides is 2. The molecular formula is C31H30N6O4. The van der Waals surface area contributed by atoms with Crippen LogP contribution in [0, 0.1) is 0 Å². The predicted molar refractivity (Wildman–Crippen MR) is 153 cm³/mol. The number of rotatable bonds is 6. The highest BCUT2D eigenvalue weighted by Crippen LogP contribution is 2.25. The van der Waals surface area contributed by atoms with Crippen LogP contribution >= 0.6 is 0 Å². The minimum atomic E-state index is -0.414. The molecule has 4 aromatic rings. The van der Waals surface area contributed by atoms with Gasteiger partial charge in [0.15, 0.2) is 0 Å². The van der Waals surface area contributed by atoms with Gasteiger partial charge in [-0.15, -0.1) is 0 Å². The zero-order valence-electron chi connectivity index (χ0n) is 22.4. The van der Waals surface area contributed by atoms with Crippen LogP contribution in [0.5, 0.6) is 0 Å². The molecule has 0 bridgehead atoms. The highest BCUT2D eigenvalue weighted by atomic mass is 16.3. The van der Waals surface area contributed by atoms with E-state index in [4.69, 9.17) is 0 Å². The second kappa shape index (κ2) is 11.3. The number of aromatic nitrogens is 3. The quantitative estimate of drug-likeness (QED) is 0.336. The molecule has 2 aliphatic rings. The van der Waals surface area contributed by atoms with Gasteiger partial charge in [0.1, 0.15) is 11.5 Å². The van der Waals surface area contributed by atoms with Crippen LogP contribution in [0.4, 0.5) is 11.5 Å². The van der Waals surface area contributed by atoms with Crippen molar-refractivity contribution in [2.24, 2.45) is 0 Å². The van der Waals surface area contributed by atoms with Crippen LogP contribution in [0.3, 0.4) is 0 Å². The van der Waals surface area contributed by atoms with E-state index in [9.17, 15) is 19.5 Å². The number of nitrogens with zero attached hydrogens (tertiary/aromatic N) is 4. The first kappa shape index (κ1) is 26.4. The lowest BCUT2D eigenvalue weighted by atomic mass is 10.0. The number of aliphatic hydroxyl groups excluding tert-OH is 1. The van der Waals surface area contributed by atoms with Crippen molar-refractivity contribution >= 4 is 23.3 Å². The Labute approximate surface area is 236 Å². The second-order valence-electron chi connectivity index (χ2n) is 10.5. The van der Waals surface area contributed by atoms with Crippen molar-refractivity contribution in [2.75, 3.05) is 18.4 Å². The first-order valence-electron chi connectivity index (χ1n) is 13.7. The maximum atomic E-state index is 13.0. The maximum Gasteiger partial charge on any atom is 0.287 e. The Balaban J connectivity index is 1.13. The van der Waals surface area contributed by atoms with Gasteiger partial charge in [0.25, 0.3) is 11.5 Å². The average Bonchev–Trinajstić information content (AvgIpc) is 3.44. The molecule has 0 unspecified atom stereocenters. The second-order valence-corrected chi connectivity index (χ2v) is 10.5. The molecule has 2 amide bonds. The third kappa shape index (κ3) is 5.87. The van der Waals surface area contributed by atoms with Gasteiger partial charge in [-0.2, -0.15) is 5.10 Å². The van der Waals surface area contributed by atoms with Gasteiger partial charge in [0, 0.05) is 37.9 Å². The number of aromatic amines is 1. The number of H-pyrrole nitrogens is 1. The molecule has 0 aliphatic carbocycles. The van der Waals surface area contributed by atoms with Gasteiger partial charge in [-0.25, -0.2) is 10.1 Å². The molecule has 3 N–H and O–H groups in total. The van der Waals surface area contributed by atoms with Gasteiger partial charge in [0.2, 0.25) is 5.91 Å². The summed E-state index contributed by atoms with van der Waals surface area (Å²) < 4.78 is 0. The number of likely N-dealkylation sites (tertiary alicyclic amines) is 1. The van der Waals surface area contributed by atoms with Crippen LogP contribution in [-0.2, 0) is 24.3 Å². The van der Waals surface area contributed by atoms with Crippen molar-refractivity contribution < 1.29 is 14.7 Å².